The third kappa shape index (κ3) is 6.87. The molecule has 33 heavy (non-hydrogen) atoms. The standard InChI is InChI=1S/C26H33ClN2O4/c1-32-22-13-9-19(10-14-22)18-29(24(30)17-27)25(20-11-15-23(33-2)16-12-20)26(31)28-21-7-5-3-4-6-8-21/h9-16,21,25H,3-8,17-18H2,1-2H3,(H,28,31). The highest BCUT2D eigenvalue weighted by molar-refractivity contribution is 6.27. The smallest absolute Gasteiger partial charge is 0.247 e. The largest absolute Gasteiger partial charge is 0.497 e. The number of methoxy groups -OCH3 is 2. The van der Waals surface area contributed by atoms with Gasteiger partial charge in [0.2, 0.25) is 11.8 Å². The van der Waals surface area contributed by atoms with Crippen LogP contribution in [0.5, 0.6) is 11.5 Å². The SMILES string of the molecule is COc1ccc(CN(C(=O)CCl)C(C(=O)NC2CCCCCC2)c2ccc(OC)cc2)cc1. The molecule has 2 aromatic rings. The molecule has 2 amide bonds. The molecule has 1 N–H and O–H groups in total. The zero-order chi connectivity index (χ0) is 23.6. The van der Waals surface area contributed by atoms with E-state index in [-0.39, 0.29) is 30.3 Å². The average molecular weight is 473 g/mol. The molecule has 0 bridgehead atoms. The minimum Gasteiger partial charge on any atom is -0.497 e. The molecular formula is C26H33ClN2O4. The van der Waals surface area contributed by atoms with Crippen LogP contribution in [0.15, 0.2) is 48.5 Å². The summed E-state index contributed by atoms with van der Waals surface area (Å²) in [5.41, 5.74) is 1.60. The van der Waals surface area contributed by atoms with Gasteiger partial charge in [-0.25, -0.2) is 0 Å². The van der Waals surface area contributed by atoms with Gasteiger partial charge in [0.05, 0.1) is 14.2 Å². The lowest BCUT2D eigenvalue weighted by molar-refractivity contribution is -0.140. The Hall–Kier alpha value is -2.73. The summed E-state index contributed by atoms with van der Waals surface area (Å²) in [7, 11) is 3.20. The second-order valence-corrected chi connectivity index (χ2v) is 8.64. The summed E-state index contributed by atoms with van der Waals surface area (Å²) >= 11 is 6.00. The molecular weight excluding hydrogens is 440 g/mol. The maximum atomic E-state index is 13.6. The van der Waals surface area contributed by atoms with E-state index in [1.54, 1.807) is 31.3 Å². The number of hydrogen-bond donors (Lipinski definition) is 1. The van der Waals surface area contributed by atoms with Crippen LogP contribution in [0.3, 0.4) is 0 Å². The number of nitrogens with one attached hydrogen (secondary N) is 1. The highest BCUT2D eigenvalue weighted by Gasteiger charge is 2.32. The molecule has 0 spiro atoms. The van der Waals surface area contributed by atoms with Gasteiger partial charge in [-0.1, -0.05) is 49.9 Å². The first-order valence-electron chi connectivity index (χ1n) is 11.5. The van der Waals surface area contributed by atoms with Crippen molar-refractivity contribution in [2.24, 2.45) is 0 Å². The van der Waals surface area contributed by atoms with E-state index in [0.717, 1.165) is 37.0 Å². The molecule has 1 fully saturated rings. The number of halogens is 1. The maximum Gasteiger partial charge on any atom is 0.247 e. The first-order chi connectivity index (χ1) is 16.0. The third-order valence-corrected chi connectivity index (χ3v) is 6.37. The van der Waals surface area contributed by atoms with Crippen LogP contribution in [0.4, 0.5) is 0 Å². The number of benzene rings is 2. The van der Waals surface area contributed by atoms with E-state index in [1.807, 2.05) is 36.4 Å². The number of rotatable bonds is 9. The van der Waals surface area contributed by atoms with Gasteiger partial charge in [-0.05, 0) is 48.2 Å². The summed E-state index contributed by atoms with van der Waals surface area (Å²) in [6.45, 7) is 0.254. The predicted molar refractivity (Wildman–Crippen MR) is 130 cm³/mol. The van der Waals surface area contributed by atoms with Crippen molar-refractivity contribution in [3.8, 4) is 11.5 Å². The summed E-state index contributed by atoms with van der Waals surface area (Å²) in [6.07, 6.45) is 6.53. The highest BCUT2D eigenvalue weighted by Crippen LogP contribution is 2.28. The minimum absolute atomic E-state index is 0.120. The van der Waals surface area contributed by atoms with Crippen molar-refractivity contribution in [1.29, 1.82) is 0 Å². The summed E-state index contributed by atoms with van der Waals surface area (Å²) < 4.78 is 10.5. The van der Waals surface area contributed by atoms with Gasteiger partial charge in [-0.15, -0.1) is 11.6 Å². The van der Waals surface area contributed by atoms with Crippen molar-refractivity contribution in [3.05, 3.63) is 59.7 Å². The molecule has 2 aromatic carbocycles. The Morgan fingerprint density at radius 2 is 1.48 bits per heavy atom. The monoisotopic (exact) mass is 472 g/mol. The molecule has 0 heterocycles. The first-order valence-corrected chi connectivity index (χ1v) is 12.0. The van der Waals surface area contributed by atoms with E-state index in [0.29, 0.717) is 11.3 Å². The number of hydrogen-bond acceptors (Lipinski definition) is 4. The van der Waals surface area contributed by atoms with Crippen LogP contribution in [0.25, 0.3) is 0 Å². The lowest BCUT2D eigenvalue weighted by Crippen LogP contribution is -2.46. The molecule has 3 rings (SSSR count). The second-order valence-electron chi connectivity index (χ2n) is 8.38. The van der Waals surface area contributed by atoms with E-state index in [4.69, 9.17) is 21.1 Å². The summed E-state index contributed by atoms with van der Waals surface area (Å²) in [6, 6.07) is 14.1. The fourth-order valence-electron chi connectivity index (χ4n) is 4.29. The van der Waals surface area contributed by atoms with Gasteiger partial charge in [-0.3, -0.25) is 9.59 Å². The Labute approximate surface area is 201 Å². The molecule has 1 atom stereocenters. The zero-order valence-corrected chi connectivity index (χ0v) is 20.1. The van der Waals surface area contributed by atoms with Crippen LogP contribution in [-0.4, -0.2) is 42.9 Å². The normalized spacial score (nSPS) is 15.2. The molecule has 0 saturated heterocycles. The lowest BCUT2D eigenvalue weighted by atomic mass is 10.0. The van der Waals surface area contributed by atoms with Crippen molar-refractivity contribution >= 4 is 23.4 Å². The van der Waals surface area contributed by atoms with Crippen molar-refractivity contribution < 1.29 is 19.1 Å². The van der Waals surface area contributed by atoms with Gasteiger partial charge in [0.25, 0.3) is 0 Å². The Bertz CT molecular complexity index is 894. The van der Waals surface area contributed by atoms with Crippen LogP contribution in [0.2, 0.25) is 0 Å². The number of carbonyl (C=O) groups is 2. The van der Waals surface area contributed by atoms with E-state index in [9.17, 15) is 9.59 Å². The molecule has 1 aliphatic carbocycles. The Kier molecular flexibility index (Phi) is 9.43. The molecule has 7 heteroatoms. The van der Waals surface area contributed by atoms with Crippen molar-refractivity contribution in [2.45, 2.75) is 57.2 Å². The van der Waals surface area contributed by atoms with Gasteiger partial charge in [-0.2, -0.15) is 0 Å². The highest BCUT2D eigenvalue weighted by atomic mass is 35.5. The number of ether oxygens (including phenoxy) is 2. The Balaban J connectivity index is 1.92. The van der Waals surface area contributed by atoms with Crippen molar-refractivity contribution in [3.63, 3.8) is 0 Å². The average Bonchev–Trinajstić information content (AvgIpc) is 3.12. The molecule has 178 valence electrons. The van der Waals surface area contributed by atoms with Crippen LogP contribution in [0.1, 0.15) is 55.7 Å². The number of alkyl halides is 1. The zero-order valence-electron chi connectivity index (χ0n) is 19.4. The van der Waals surface area contributed by atoms with E-state index >= 15 is 0 Å². The van der Waals surface area contributed by atoms with Crippen molar-refractivity contribution in [1.82, 2.24) is 10.2 Å². The van der Waals surface area contributed by atoms with Crippen LogP contribution >= 0.6 is 11.6 Å². The molecule has 0 radical (unpaired) electrons. The van der Waals surface area contributed by atoms with Crippen molar-refractivity contribution in [2.75, 3.05) is 20.1 Å². The van der Waals surface area contributed by atoms with Crippen LogP contribution < -0.4 is 14.8 Å². The number of nitrogens with zero attached hydrogens (tertiary/aromatic N) is 1. The first kappa shape index (κ1) is 24.9. The quantitative estimate of drug-likeness (QED) is 0.418. The van der Waals surface area contributed by atoms with Gasteiger partial charge < -0.3 is 19.7 Å². The molecule has 6 nitrogen and oxygen atoms in total. The molecule has 1 unspecified atom stereocenters. The van der Waals surface area contributed by atoms with E-state index < -0.39 is 6.04 Å². The lowest BCUT2D eigenvalue weighted by Gasteiger charge is -2.32. The molecule has 1 saturated carbocycles. The fraction of sp³-hybridized carbons (Fsp3) is 0.462. The maximum absolute atomic E-state index is 13.6. The number of carbonyl (C=O) groups excluding carboxylic acids is 2. The van der Waals surface area contributed by atoms with Crippen LogP contribution in [0, 0.1) is 0 Å². The topological polar surface area (TPSA) is 67.9 Å². The van der Waals surface area contributed by atoms with E-state index in [2.05, 4.69) is 5.32 Å². The molecule has 1 aliphatic rings. The number of amides is 2. The van der Waals surface area contributed by atoms with Crippen LogP contribution in [-0.2, 0) is 16.1 Å². The van der Waals surface area contributed by atoms with Gasteiger partial charge >= 0.3 is 0 Å². The van der Waals surface area contributed by atoms with Gasteiger partial charge in [0.1, 0.15) is 23.4 Å². The summed E-state index contributed by atoms with van der Waals surface area (Å²) in [5, 5.41) is 3.22. The Morgan fingerprint density at radius 3 is 2.00 bits per heavy atom. The predicted octanol–water partition coefficient (Wildman–Crippen LogP) is 4.85. The van der Waals surface area contributed by atoms with Gasteiger partial charge in [0.15, 0.2) is 0 Å². The fourth-order valence-corrected chi connectivity index (χ4v) is 4.44. The summed E-state index contributed by atoms with van der Waals surface area (Å²) in [5.74, 6) is 0.724. The summed E-state index contributed by atoms with van der Waals surface area (Å²) in [4.78, 5) is 28.2. The second kappa shape index (κ2) is 12.5. The van der Waals surface area contributed by atoms with E-state index in [1.165, 1.54) is 12.8 Å². The minimum atomic E-state index is -0.799. The molecule has 0 aromatic heterocycles. The molecule has 0 aliphatic heterocycles. The third-order valence-electron chi connectivity index (χ3n) is 6.14. The van der Waals surface area contributed by atoms with Gasteiger partial charge in [0, 0.05) is 12.6 Å². The Morgan fingerprint density at radius 1 is 0.939 bits per heavy atom.